The van der Waals surface area contributed by atoms with Gasteiger partial charge in [0.1, 0.15) is 10.5 Å². The van der Waals surface area contributed by atoms with Crippen LogP contribution < -0.4 is 10.0 Å². The molecule has 0 radical (unpaired) electrons. The number of sulfonamides is 1. The van der Waals surface area contributed by atoms with E-state index in [0.29, 0.717) is 33.0 Å². The van der Waals surface area contributed by atoms with Crippen molar-refractivity contribution in [3.63, 3.8) is 0 Å². The van der Waals surface area contributed by atoms with E-state index < -0.39 is 27.6 Å². The molecule has 0 saturated carbocycles. The number of rotatable bonds is 6. The second-order valence-electron chi connectivity index (χ2n) is 7.41. The van der Waals surface area contributed by atoms with E-state index in [1.54, 1.807) is 6.07 Å². The first kappa shape index (κ1) is 24.5. The van der Waals surface area contributed by atoms with E-state index in [1.807, 2.05) is 0 Å². The molecule has 0 fully saturated rings. The van der Waals surface area contributed by atoms with Crippen molar-refractivity contribution in [2.75, 3.05) is 4.72 Å². The Morgan fingerprint density at radius 1 is 1.06 bits per heavy atom. The summed E-state index contributed by atoms with van der Waals surface area (Å²) in [4.78, 5) is 18.9. The largest absolute Gasteiger partial charge is 0.416 e. The highest BCUT2D eigenvalue weighted by Gasteiger charge is 2.30. The number of carbonyl (C=O) groups excluding carboxylic acids is 1. The Morgan fingerprint density at radius 2 is 1.77 bits per heavy atom. The summed E-state index contributed by atoms with van der Waals surface area (Å²) in [6.07, 6.45) is -1.96. The third kappa shape index (κ3) is 5.57. The van der Waals surface area contributed by atoms with Gasteiger partial charge in [-0.3, -0.25) is 14.5 Å². The lowest BCUT2D eigenvalue weighted by Crippen LogP contribution is -2.18. The molecule has 182 valence electrons. The fourth-order valence-electron chi connectivity index (χ4n) is 3.17. The van der Waals surface area contributed by atoms with Gasteiger partial charge in [-0.1, -0.05) is 0 Å². The van der Waals surface area contributed by atoms with Crippen molar-refractivity contribution in [2.45, 2.75) is 24.5 Å². The van der Waals surface area contributed by atoms with Gasteiger partial charge in [-0.2, -0.15) is 13.2 Å². The van der Waals surface area contributed by atoms with E-state index in [1.165, 1.54) is 42.8 Å². The first-order valence-electron chi connectivity index (χ1n) is 9.91. The maximum absolute atomic E-state index is 14.7. The lowest BCUT2D eigenvalue weighted by atomic mass is 10.1. The minimum Gasteiger partial charge on any atom is -0.350 e. The molecule has 0 aliphatic rings. The van der Waals surface area contributed by atoms with Crippen LogP contribution in [-0.2, 0) is 27.5 Å². The fourth-order valence-corrected chi connectivity index (χ4v) is 5.16. The van der Waals surface area contributed by atoms with E-state index in [-0.39, 0.29) is 28.6 Å². The number of pyridine rings is 1. The van der Waals surface area contributed by atoms with Crippen LogP contribution in [0.1, 0.15) is 17.5 Å². The van der Waals surface area contributed by atoms with Gasteiger partial charge in [0.2, 0.25) is 5.91 Å². The summed E-state index contributed by atoms with van der Waals surface area (Å²) in [5, 5.41) is 3.11. The van der Waals surface area contributed by atoms with Crippen LogP contribution >= 0.6 is 11.3 Å². The second-order valence-corrected chi connectivity index (χ2v) is 10.2. The highest BCUT2D eigenvalue weighted by molar-refractivity contribution is 7.92. The van der Waals surface area contributed by atoms with Crippen molar-refractivity contribution >= 4 is 43.2 Å². The van der Waals surface area contributed by atoms with Crippen molar-refractivity contribution in [1.82, 2.24) is 15.3 Å². The summed E-state index contributed by atoms with van der Waals surface area (Å²) in [7, 11) is -4.20. The minimum atomic E-state index is -4.59. The first-order valence-corrected chi connectivity index (χ1v) is 12.2. The molecule has 0 atom stereocenters. The number of nitrogens with zero attached hydrogens (tertiary/aromatic N) is 2. The van der Waals surface area contributed by atoms with Crippen molar-refractivity contribution in [1.29, 1.82) is 0 Å². The maximum Gasteiger partial charge on any atom is 0.416 e. The average molecular weight is 525 g/mol. The molecular weight excluding hydrogens is 508 g/mol. The minimum absolute atomic E-state index is 0.0403. The highest BCUT2D eigenvalue weighted by Crippen LogP contribution is 2.32. The van der Waals surface area contributed by atoms with Gasteiger partial charge in [0.25, 0.3) is 10.0 Å². The SMILES string of the molecule is CC(=O)NCc1nc2c(F)cc(-c3cncc(NS(=O)(=O)c4ccc(C(F)(F)F)cc4)c3)cc2s1. The first-order chi connectivity index (χ1) is 16.4. The van der Waals surface area contributed by atoms with Gasteiger partial charge in [-0.15, -0.1) is 11.3 Å². The molecule has 7 nitrogen and oxygen atoms in total. The van der Waals surface area contributed by atoms with E-state index in [0.717, 1.165) is 12.1 Å². The van der Waals surface area contributed by atoms with Crippen molar-refractivity contribution in [2.24, 2.45) is 0 Å². The zero-order valence-electron chi connectivity index (χ0n) is 17.9. The van der Waals surface area contributed by atoms with E-state index in [9.17, 15) is 30.8 Å². The zero-order chi connectivity index (χ0) is 25.4. The molecule has 0 bridgehead atoms. The van der Waals surface area contributed by atoms with Gasteiger partial charge in [-0.05, 0) is 48.0 Å². The van der Waals surface area contributed by atoms with Crippen LogP contribution in [0.25, 0.3) is 21.3 Å². The molecule has 2 aromatic heterocycles. The number of alkyl halides is 3. The number of thiazole rings is 1. The molecule has 35 heavy (non-hydrogen) atoms. The van der Waals surface area contributed by atoms with Crippen LogP contribution in [0.5, 0.6) is 0 Å². The lowest BCUT2D eigenvalue weighted by Gasteiger charge is -2.11. The number of fused-ring (bicyclic) bond motifs is 1. The Morgan fingerprint density at radius 3 is 2.43 bits per heavy atom. The average Bonchev–Trinajstić information content (AvgIpc) is 3.21. The molecule has 4 rings (SSSR count). The molecule has 0 aliphatic heterocycles. The van der Waals surface area contributed by atoms with Crippen LogP contribution in [0.4, 0.5) is 23.2 Å². The van der Waals surface area contributed by atoms with E-state index >= 15 is 0 Å². The van der Waals surface area contributed by atoms with Crippen molar-refractivity contribution < 1.29 is 30.8 Å². The molecular formula is C22H16F4N4O3S2. The molecule has 0 saturated heterocycles. The van der Waals surface area contributed by atoms with Gasteiger partial charge in [0.05, 0.1) is 33.6 Å². The molecule has 2 aromatic carbocycles. The molecule has 2 N–H and O–H groups in total. The lowest BCUT2D eigenvalue weighted by molar-refractivity contribution is -0.137. The maximum atomic E-state index is 14.7. The number of halogens is 4. The number of carbonyl (C=O) groups is 1. The second kappa shape index (κ2) is 9.23. The summed E-state index contributed by atoms with van der Waals surface area (Å²) < 4.78 is 81.0. The highest BCUT2D eigenvalue weighted by atomic mass is 32.2. The molecule has 0 unspecified atom stereocenters. The fraction of sp³-hybridized carbons (Fsp3) is 0.136. The standard InChI is InChI=1S/C22H16F4N4O3S2/c1-12(31)28-11-20-29-21-18(23)7-13(8-19(21)34-20)14-6-16(10-27-9-14)30-35(32,33)17-4-2-15(3-5-17)22(24,25)26/h2-10,30H,11H2,1H3,(H,28,31). The van der Waals surface area contributed by atoms with Crippen molar-refractivity contribution in [3.8, 4) is 11.1 Å². The number of hydrogen-bond donors (Lipinski definition) is 2. The van der Waals surface area contributed by atoms with Gasteiger partial charge in [-0.25, -0.2) is 17.8 Å². The van der Waals surface area contributed by atoms with Crippen LogP contribution in [0.3, 0.4) is 0 Å². The Kier molecular flexibility index (Phi) is 6.47. The van der Waals surface area contributed by atoms with Gasteiger partial charge in [0, 0.05) is 18.7 Å². The zero-order valence-corrected chi connectivity index (χ0v) is 19.5. The number of benzene rings is 2. The molecule has 2 heterocycles. The van der Waals surface area contributed by atoms with E-state index in [4.69, 9.17) is 0 Å². The van der Waals surface area contributed by atoms with Crippen LogP contribution in [-0.4, -0.2) is 24.3 Å². The number of hydrogen-bond acceptors (Lipinski definition) is 6. The van der Waals surface area contributed by atoms with Crippen molar-refractivity contribution in [3.05, 3.63) is 71.2 Å². The molecule has 1 amide bonds. The number of nitrogens with one attached hydrogen (secondary N) is 2. The monoisotopic (exact) mass is 524 g/mol. The number of aromatic nitrogens is 2. The smallest absolute Gasteiger partial charge is 0.350 e. The number of amides is 1. The Labute approximate surface area is 200 Å². The topological polar surface area (TPSA) is 101 Å². The third-order valence-electron chi connectivity index (χ3n) is 4.80. The normalized spacial score (nSPS) is 12.0. The molecule has 4 aromatic rings. The molecule has 0 spiro atoms. The van der Waals surface area contributed by atoms with Gasteiger partial charge < -0.3 is 5.32 Å². The molecule has 0 aliphatic carbocycles. The predicted octanol–water partition coefficient (Wildman–Crippen LogP) is 4.95. The van der Waals surface area contributed by atoms with E-state index in [2.05, 4.69) is 20.0 Å². The quantitative estimate of drug-likeness (QED) is 0.348. The summed E-state index contributed by atoms with van der Waals surface area (Å²) in [5.41, 5.74) is 0.0219. The van der Waals surface area contributed by atoms with Crippen LogP contribution in [0.15, 0.2) is 59.8 Å². The number of anilines is 1. The summed E-state index contributed by atoms with van der Waals surface area (Å²) in [6, 6.07) is 7.39. The summed E-state index contributed by atoms with van der Waals surface area (Å²) in [5.74, 6) is -0.842. The Bertz CT molecular complexity index is 1520. The molecule has 13 heteroatoms. The van der Waals surface area contributed by atoms with Crippen LogP contribution in [0.2, 0.25) is 0 Å². The van der Waals surface area contributed by atoms with Gasteiger partial charge >= 0.3 is 6.18 Å². The summed E-state index contributed by atoms with van der Waals surface area (Å²) in [6.45, 7) is 1.52. The van der Waals surface area contributed by atoms with Crippen LogP contribution in [0, 0.1) is 5.82 Å². The predicted molar refractivity (Wildman–Crippen MR) is 123 cm³/mol. The Hall–Kier alpha value is -3.58. The summed E-state index contributed by atoms with van der Waals surface area (Å²) >= 11 is 1.20. The Balaban J connectivity index is 1.60. The van der Waals surface area contributed by atoms with Gasteiger partial charge in [0.15, 0.2) is 5.82 Å². The third-order valence-corrected chi connectivity index (χ3v) is 7.20.